The van der Waals surface area contributed by atoms with E-state index in [2.05, 4.69) is 12.2 Å². The van der Waals surface area contributed by atoms with E-state index in [1.807, 2.05) is 0 Å². The molecule has 0 nitrogen and oxygen atoms in total. The first kappa shape index (κ1) is 15.2. The molecule has 1 heteroatoms. The topological polar surface area (TPSA) is 0 Å². The Morgan fingerprint density at radius 1 is 0.526 bits per heavy atom. The van der Waals surface area contributed by atoms with Crippen LogP contribution in [0.15, 0.2) is 12.2 Å². The maximum atomic E-state index is 2.43. The molecule has 2 aliphatic rings. The van der Waals surface area contributed by atoms with Gasteiger partial charge in [0.2, 0.25) is 0 Å². The van der Waals surface area contributed by atoms with Gasteiger partial charge in [0.1, 0.15) is 7.28 Å². The molecule has 0 aromatic rings. The third kappa shape index (κ3) is 6.68. The molecule has 2 aliphatic carbocycles. The Hall–Kier alpha value is -0.195. The van der Waals surface area contributed by atoms with Crippen LogP contribution < -0.4 is 0 Å². The first-order chi connectivity index (χ1) is 9.45. The second-order valence-electron chi connectivity index (χ2n) is 7.00. The highest BCUT2D eigenvalue weighted by Crippen LogP contribution is 2.33. The summed E-state index contributed by atoms with van der Waals surface area (Å²) in [5.74, 6) is 2.12. The van der Waals surface area contributed by atoms with Crippen LogP contribution in [-0.4, -0.2) is 7.28 Å². The van der Waals surface area contributed by atoms with E-state index in [4.69, 9.17) is 0 Å². The Morgan fingerprint density at radius 3 is 1.68 bits per heavy atom. The van der Waals surface area contributed by atoms with Gasteiger partial charge in [-0.25, -0.2) is 0 Å². The molecule has 2 rings (SSSR count). The minimum Gasteiger partial charge on any atom is -0.0885 e. The van der Waals surface area contributed by atoms with Crippen molar-refractivity contribution < 1.29 is 0 Å². The molecule has 0 aliphatic heterocycles. The molecule has 0 saturated heterocycles. The van der Waals surface area contributed by atoms with Crippen molar-refractivity contribution in [2.45, 2.75) is 102 Å². The lowest BCUT2D eigenvalue weighted by atomic mass is 9.50. The van der Waals surface area contributed by atoms with Gasteiger partial charge in [-0.2, -0.15) is 0 Å². The van der Waals surface area contributed by atoms with Gasteiger partial charge in [0, 0.05) is 0 Å². The van der Waals surface area contributed by atoms with Crippen molar-refractivity contribution in [3.63, 3.8) is 0 Å². The van der Waals surface area contributed by atoms with E-state index < -0.39 is 0 Å². The Bertz CT molecular complexity index is 238. The van der Waals surface area contributed by atoms with E-state index in [1.54, 1.807) is 7.28 Å². The predicted molar refractivity (Wildman–Crippen MR) is 88.4 cm³/mol. The van der Waals surface area contributed by atoms with Crippen molar-refractivity contribution in [3.8, 4) is 0 Å². The first-order valence-corrected chi connectivity index (χ1v) is 9.10. The average Bonchev–Trinajstić information content (AvgIpc) is 2.40. The van der Waals surface area contributed by atoms with Crippen LogP contribution in [0.25, 0.3) is 0 Å². The second-order valence-corrected chi connectivity index (χ2v) is 7.00. The van der Waals surface area contributed by atoms with Gasteiger partial charge in [-0.05, 0) is 19.3 Å². The molecule has 1 saturated carbocycles. The van der Waals surface area contributed by atoms with Crippen LogP contribution in [0, 0.1) is 0 Å². The van der Waals surface area contributed by atoms with Gasteiger partial charge in [-0.15, -0.1) is 0 Å². The van der Waals surface area contributed by atoms with E-state index in [-0.39, 0.29) is 0 Å². The normalized spacial score (nSPS) is 30.0. The summed E-state index contributed by atoms with van der Waals surface area (Å²) in [7, 11) is 1.56. The van der Waals surface area contributed by atoms with E-state index in [9.17, 15) is 0 Å². The molecule has 1 atom stereocenters. The molecule has 0 heterocycles. The summed E-state index contributed by atoms with van der Waals surface area (Å²) in [5.41, 5.74) is 0. The van der Waals surface area contributed by atoms with Crippen molar-refractivity contribution in [1.29, 1.82) is 0 Å². The van der Waals surface area contributed by atoms with Crippen molar-refractivity contribution in [3.05, 3.63) is 12.2 Å². The maximum absolute atomic E-state index is 2.43. The number of allylic oxidation sites excluding steroid dienone is 2. The molecule has 0 radical (unpaired) electrons. The molecular formula is C18H33B. The Labute approximate surface area is 121 Å². The van der Waals surface area contributed by atoms with Gasteiger partial charge < -0.3 is 0 Å². The largest absolute Gasteiger partial charge is 0.127 e. The van der Waals surface area contributed by atoms with Crippen LogP contribution in [0.2, 0.25) is 11.6 Å². The van der Waals surface area contributed by atoms with Crippen LogP contribution >= 0.6 is 0 Å². The number of hydrogen-bond donors (Lipinski definition) is 0. The highest BCUT2D eigenvalue weighted by Gasteiger charge is 2.19. The Morgan fingerprint density at radius 2 is 1.00 bits per heavy atom. The highest BCUT2D eigenvalue weighted by atomic mass is 14.1. The smallest absolute Gasteiger partial charge is 0.0885 e. The summed E-state index contributed by atoms with van der Waals surface area (Å²) in [6, 6.07) is 0. The zero-order valence-electron chi connectivity index (χ0n) is 12.9. The zero-order valence-corrected chi connectivity index (χ0v) is 12.9. The summed E-state index contributed by atoms with van der Waals surface area (Å²) in [4.78, 5) is 0. The number of hydrogen-bond acceptors (Lipinski definition) is 0. The molecule has 0 aromatic heterocycles. The van der Waals surface area contributed by atoms with Crippen LogP contribution in [0.5, 0.6) is 0 Å². The standard InChI is InChI=1S/C18H33B/c1-2-5-9-13-17(14-10-6-3-1)19-18-15-11-7-4-8-12-16-18/h1-2,17-19H,3-16H2/b2-1-. The fourth-order valence-electron chi connectivity index (χ4n) is 4.08. The lowest BCUT2D eigenvalue weighted by Gasteiger charge is -2.24. The summed E-state index contributed by atoms with van der Waals surface area (Å²) in [6.07, 6.45) is 25.5. The number of rotatable bonds is 2. The van der Waals surface area contributed by atoms with E-state index in [0.29, 0.717) is 0 Å². The van der Waals surface area contributed by atoms with Gasteiger partial charge in [0.25, 0.3) is 0 Å². The molecule has 108 valence electrons. The van der Waals surface area contributed by atoms with Gasteiger partial charge >= 0.3 is 0 Å². The Kier molecular flexibility index (Phi) is 7.73. The average molecular weight is 260 g/mol. The fraction of sp³-hybridized carbons (Fsp3) is 0.889. The molecule has 0 N–H and O–H groups in total. The maximum Gasteiger partial charge on any atom is 0.127 e. The third-order valence-electron chi connectivity index (χ3n) is 5.27. The lowest BCUT2D eigenvalue weighted by molar-refractivity contribution is 0.493. The van der Waals surface area contributed by atoms with E-state index in [0.717, 1.165) is 11.6 Å². The molecular weight excluding hydrogens is 227 g/mol. The van der Waals surface area contributed by atoms with Crippen molar-refractivity contribution in [2.24, 2.45) is 0 Å². The van der Waals surface area contributed by atoms with Gasteiger partial charge in [-0.3, -0.25) is 0 Å². The van der Waals surface area contributed by atoms with Gasteiger partial charge in [0.05, 0.1) is 0 Å². The van der Waals surface area contributed by atoms with Crippen LogP contribution in [0.1, 0.15) is 89.9 Å². The lowest BCUT2D eigenvalue weighted by Crippen LogP contribution is -2.13. The minimum atomic E-state index is 1.05. The van der Waals surface area contributed by atoms with Crippen molar-refractivity contribution in [2.75, 3.05) is 0 Å². The van der Waals surface area contributed by atoms with E-state index in [1.165, 1.54) is 89.9 Å². The zero-order chi connectivity index (χ0) is 13.2. The monoisotopic (exact) mass is 260 g/mol. The van der Waals surface area contributed by atoms with Gasteiger partial charge in [-0.1, -0.05) is 94.4 Å². The summed E-state index contributed by atoms with van der Waals surface area (Å²) in [5, 5.41) is 0. The third-order valence-corrected chi connectivity index (χ3v) is 5.27. The fourth-order valence-corrected chi connectivity index (χ4v) is 4.08. The molecule has 0 spiro atoms. The molecule has 0 aromatic carbocycles. The molecule has 1 unspecified atom stereocenters. The highest BCUT2D eigenvalue weighted by molar-refractivity contribution is 6.39. The first-order valence-electron chi connectivity index (χ1n) is 9.10. The molecule has 0 amide bonds. The van der Waals surface area contributed by atoms with Crippen molar-refractivity contribution >= 4 is 7.28 Å². The quantitative estimate of drug-likeness (QED) is 0.419. The van der Waals surface area contributed by atoms with Crippen molar-refractivity contribution in [1.82, 2.24) is 0 Å². The second kappa shape index (κ2) is 9.67. The van der Waals surface area contributed by atoms with Crippen LogP contribution in [0.3, 0.4) is 0 Å². The van der Waals surface area contributed by atoms with Crippen LogP contribution in [-0.2, 0) is 0 Å². The molecule has 0 bridgehead atoms. The van der Waals surface area contributed by atoms with E-state index >= 15 is 0 Å². The molecule has 19 heavy (non-hydrogen) atoms. The molecule has 1 fully saturated rings. The minimum absolute atomic E-state index is 1.05. The summed E-state index contributed by atoms with van der Waals surface area (Å²) < 4.78 is 0. The Balaban J connectivity index is 1.75. The van der Waals surface area contributed by atoms with Crippen LogP contribution in [0.4, 0.5) is 0 Å². The van der Waals surface area contributed by atoms with Gasteiger partial charge in [0.15, 0.2) is 0 Å². The summed E-state index contributed by atoms with van der Waals surface area (Å²) >= 11 is 0. The SMILES string of the molecule is B(C1CCC/C=C\CCCC1)C1CCCCCCC1. The predicted octanol–water partition coefficient (Wildman–Crippen LogP) is 6.04. The summed E-state index contributed by atoms with van der Waals surface area (Å²) in [6.45, 7) is 0.